The van der Waals surface area contributed by atoms with Crippen LogP contribution < -0.4 is 0 Å². The second-order valence-corrected chi connectivity index (χ2v) is 11.1. The van der Waals surface area contributed by atoms with Crippen molar-refractivity contribution in [1.82, 2.24) is 9.47 Å². The van der Waals surface area contributed by atoms with Crippen molar-refractivity contribution in [2.24, 2.45) is 0 Å². The first-order chi connectivity index (χ1) is 13.9. The Labute approximate surface area is 180 Å². The molecule has 0 saturated heterocycles. The van der Waals surface area contributed by atoms with Gasteiger partial charge in [-0.15, -0.1) is 0 Å². The molecular formula is C27H34N2O. The van der Waals surface area contributed by atoms with Crippen LogP contribution in [0.1, 0.15) is 63.9 Å². The molecule has 1 aliphatic rings. The Kier molecular flexibility index (Phi) is 4.74. The van der Waals surface area contributed by atoms with Crippen LogP contribution in [0.4, 0.5) is 0 Å². The van der Waals surface area contributed by atoms with Crippen molar-refractivity contribution in [3.63, 3.8) is 0 Å². The Balaban J connectivity index is 1.93. The summed E-state index contributed by atoms with van der Waals surface area (Å²) in [6.45, 7) is 14.4. The molecule has 0 radical (unpaired) electrons. The third-order valence-electron chi connectivity index (χ3n) is 6.25. The second-order valence-electron chi connectivity index (χ2n) is 11.1. The molecule has 0 aliphatic heterocycles. The van der Waals surface area contributed by atoms with E-state index in [1.165, 1.54) is 44.2 Å². The summed E-state index contributed by atoms with van der Waals surface area (Å²) >= 11 is 0. The summed E-state index contributed by atoms with van der Waals surface area (Å²) in [5.41, 5.74) is 7.70. The van der Waals surface area contributed by atoms with Crippen LogP contribution in [0.2, 0.25) is 0 Å². The Morgan fingerprint density at radius 3 is 1.67 bits per heavy atom. The van der Waals surface area contributed by atoms with Crippen molar-refractivity contribution in [3.8, 4) is 22.3 Å². The molecule has 1 aliphatic carbocycles. The zero-order valence-corrected chi connectivity index (χ0v) is 19.7. The highest BCUT2D eigenvalue weighted by molar-refractivity contribution is 6.16. The minimum absolute atomic E-state index is 0.0649. The fourth-order valence-electron chi connectivity index (χ4n) is 4.28. The predicted octanol–water partition coefficient (Wildman–Crippen LogP) is 6.48. The lowest BCUT2D eigenvalue weighted by Crippen LogP contribution is -2.19. The third-order valence-corrected chi connectivity index (χ3v) is 6.25. The van der Waals surface area contributed by atoms with Crippen LogP contribution in [0.5, 0.6) is 0 Å². The SMILES string of the molecule is CN(C)CCC(=O)n1cc2c(c1)-c1cc(C(C)(C)C)cc3cc(C(C)(C)C)cc-2c13. The van der Waals surface area contributed by atoms with Gasteiger partial charge in [-0.3, -0.25) is 9.36 Å². The van der Waals surface area contributed by atoms with Gasteiger partial charge < -0.3 is 4.90 Å². The van der Waals surface area contributed by atoms with Gasteiger partial charge in [0.15, 0.2) is 0 Å². The Morgan fingerprint density at radius 1 is 0.800 bits per heavy atom. The summed E-state index contributed by atoms with van der Waals surface area (Å²) in [6, 6.07) is 9.39. The molecule has 0 spiro atoms. The molecule has 0 saturated carbocycles. The summed E-state index contributed by atoms with van der Waals surface area (Å²) in [6.07, 6.45) is 4.61. The first kappa shape index (κ1) is 20.9. The van der Waals surface area contributed by atoms with Crippen molar-refractivity contribution in [3.05, 3.63) is 47.8 Å². The molecule has 1 aromatic heterocycles. The van der Waals surface area contributed by atoms with Crippen molar-refractivity contribution in [2.75, 3.05) is 20.6 Å². The van der Waals surface area contributed by atoms with Crippen molar-refractivity contribution < 1.29 is 4.79 Å². The van der Waals surface area contributed by atoms with Crippen LogP contribution in [0.3, 0.4) is 0 Å². The van der Waals surface area contributed by atoms with Gasteiger partial charge >= 0.3 is 0 Å². The molecular weight excluding hydrogens is 368 g/mol. The first-order valence-electron chi connectivity index (χ1n) is 10.9. The summed E-state index contributed by atoms with van der Waals surface area (Å²) in [5, 5.41) is 2.63. The Bertz CT molecular complexity index is 1080. The molecule has 158 valence electrons. The van der Waals surface area contributed by atoms with Crippen LogP contribution in [0, 0.1) is 0 Å². The summed E-state index contributed by atoms with van der Waals surface area (Å²) in [5.74, 6) is 0.148. The van der Waals surface area contributed by atoms with E-state index in [0.717, 1.165) is 6.54 Å². The normalized spacial score (nSPS) is 13.4. The average molecular weight is 403 g/mol. The lowest BCUT2D eigenvalue weighted by Gasteiger charge is -2.23. The van der Waals surface area contributed by atoms with Gasteiger partial charge in [-0.1, -0.05) is 53.7 Å². The molecule has 0 atom stereocenters. The number of benzene rings is 2. The van der Waals surface area contributed by atoms with Crippen LogP contribution in [0.15, 0.2) is 36.7 Å². The minimum Gasteiger partial charge on any atom is -0.309 e. The third kappa shape index (κ3) is 3.50. The van der Waals surface area contributed by atoms with Crippen LogP contribution in [0.25, 0.3) is 33.0 Å². The summed E-state index contributed by atoms with van der Waals surface area (Å²) in [4.78, 5) is 14.8. The molecule has 2 aromatic carbocycles. The summed E-state index contributed by atoms with van der Waals surface area (Å²) in [7, 11) is 4.00. The molecule has 0 unspecified atom stereocenters. The molecule has 0 amide bonds. The Hall–Kier alpha value is -2.39. The van der Waals surface area contributed by atoms with E-state index in [1.54, 1.807) is 4.57 Å². The summed E-state index contributed by atoms with van der Waals surface area (Å²) < 4.78 is 1.80. The van der Waals surface area contributed by atoms with E-state index >= 15 is 0 Å². The average Bonchev–Trinajstić information content (AvgIpc) is 3.18. The molecule has 4 rings (SSSR count). The highest BCUT2D eigenvalue weighted by atomic mass is 16.2. The zero-order chi connectivity index (χ0) is 22.0. The standard InChI is InChI=1S/C27H34N2O/c1-26(2,3)18-11-17-12-19(27(4,5)6)14-21-23-16-29(24(30)9-10-28(7)8)15-22(23)20(13-18)25(17)21/h11-16H,9-10H2,1-8H3. The maximum Gasteiger partial charge on any atom is 0.231 e. The maximum absolute atomic E-state index is 12.8. The maximum atomic E-state index is 12.8. The minimum atomic E-state index is 0.0649. The number of rotatable bonds is 3. The van der Waals surface area contributed by atoms with Gasteiger partial charge in [0, 0.05) is 36.5 Å². The molecule has 3 heteroatoms. The number of fused-ring (bicyclic) bond motifs is 3. The fourth-order valence-corrected chi connectivity index (χ4v) is 4.28. The molecule has 3 aromatic rings. The molecule has 1 heterocycles. The van der Waals surface area contributed by atoms with E-state index in [4.69, 9.17) is 0 Å². The number of hydrogen-bond donors (Lipinski definition) is 0. The van der Waals surface area contributed by atoms with Gasteiger partial charge in [-0.25, -0.2) is 0 Å². The number of aromatic nitrogens is 1. The van der Waals surface area contributed by atoms with Gasteiger partial charge in [0.1, 0.15) is 0 Å². The van der Waals surface area contributed by atoms with Gasteiger partial charge in [-0.2, -0.15) is 0 Å². The van der Waals surface area contributed by atoms with Crippen LogP contribution in [-0.2, 0) is 10.8 Å². The predicted molar refractivity (Wildman–Crippen MR) is 128 cm³/mol. The molecule has 0 bridgehead atoms. The van der Waals surface area contributed by atoms with E-state index in [1.807, 2.05) is 26.5 Å². The van der Waals surface area contributed by atoms with Crippen LogP contribution in [-0.4, -0.2) is 36.0 Å². The highest BCUT2D eigenvalue weighted by Gasteiger charge is 2.29. The number of nitrogens with zero attached hydrogens (tertiary/aromatic N) is 2. The van der Waals surface area contributed by atoms with Gasteiger partial charge in [0.2, 0.25) is 5.91 Å². The zero-order valence-electron chi connectivity index (χ0n) is 19.7. The van der Waals surface area contributed by atoms with Gasteiger partial charge in [0.05, 0.1) is 0 Å². The molecule has 30 heavy (non-hydrogen) atoms. The largest absolute Gasteiger partial charge is 0.309 e. The smallest absolute Gasteiger partial charge is 0.231 e. The number of hydrogen-bond acceptors (Lipinski definition) is 2. The van der Waals surface area contributed by atoms with Crippen molar-refractivity contribution in [2.45, 2.75) is 58.8 Å². The molecule has 0 N–H and O–H groups in total. The monoisotopic (exact) mass is 402 g/mol. The van der Waals surface area contributed by atoms with Crippen molar-refractivity contribution in [1.29, 1.82) is 0 Å². The molecule has 3 nitrogen and oxygen atoms in total. The number of carbonyl (C=O) groups is 1. The fraction of sp³-hybridized carbons (Fsp3) is 0.444. The van der Waals surface area contributed by atoms with E-state index in [-0.39, 0.29) is 16.7 Å². The van der Waals surface area contributed by atoms with Crippen molar-refractivity contribution >= 4 is 16.7 Å². The second kappa shape index (κ2) is 6.81. The van der Waals surface area contributed by atoms with Gasteiger partial charge in [0.25, 0.3) is 0 Å². The highest BCUT2D eigenvalue weighted by Crippen LogP contribution is 2.50. The molecule has 0 fully saturated rings. The lowest BCUT2D eigenvalue weighted by molar-refractivity contribution is 0.0892. The van der Waals surface area contributed by atoms with E-state index in [9.17, 15) is 4.79 Å². The van der Waals surface area contributed by atoms with Crippen LogP contribution >= 0.6 is 0 Å². The number of carbonyl (C=O) groups excluding carboxylic acids is 1. The first-order valence-corrected chi connectivity index (χ1v) is 10.9. The quantitative estimate of drug-likeness (QED) is 0.392. The van der Waals surface area contributed by atoms with Gasteiger partial charge in [-0.05, 0) is 70.1 Å². The van der Waals surface area contributed by atoms with E-state index in [2.05, 4.69) is 70.7 Å². The van der Waals surface area contributed by atoms with E-state index in [0.29, 0.717) is 6.42 Å². The van der Waals surface area contributed by atoms with E-state index < -0.39 is 0 Å². The topological polar surface area (TPSA) is 25.2 Å². The Morgan fingerprint density at radius 2 is 1.27 bits per heavy atom. The lowest BCUT2D eigenvalue weighted by atomic mass is 9.81.